The fraction of sp³-hybridized carbons (Fsp3) is 0.818. The zero-order valence-electron chi connectivity index (χ0n) is 10.9. The van der Waals surface area contributed by atoms with Crippen molar-refractivity contribution in [3.63, 3.8) is 0 Å². The van der Waals surface area contributed by atoms with Crippen LogP contribution in [0.25, 0.3) is 0 Å². The summed E-state index contributed by atoms with van der Waals surface area (Å²) in [6.45, 7) is 7.78. The van der Waals surface area contributed by atoms with Crippen molar-refractivity contribution < 1.29 is 14.0 Å². The number of hydrogen-bond acceptors (Lipinski definition) is 6. The van der Waals surface area contributed by atoms with Crippen LogP contribution in [0.15, 0.2) is 4.52 Å². The minimum absolute atomic E-state index is 0.399. The van der Waals surface area contributed by atoms with Gasteiger partial charge < -0.3 is 19.3 Å². The molecule has 1 unspecified atom stereocenters. The monoisotopic (exact) mass is 243 g/mol. The molecule has 17 heavy (non-hydrogen) atoms. The Kier molecular flexibility index (Phi) is 5.37. The van der Waals surface area contributed by atoms with Gasteiger partial charge in [0.25, 0.3) is 0 Å². The van der Waals surface area contributed by atoms with Crippen molar-refractivity contribution in [3.05, 3.63) is 5.82 Å². The van der Waals surface area contributed by atoms with Crippen LogP contribution in [0.3, 0.4) is 0 Å². The van der Waals surface area contributed by atoms with Crippen molar-refractivity contribution in [2.75, 3.05) is 32.2 Å². The minimum Gasteiger partial charge on any atom is -0.383 e. The summed E-state index contributed by atoms with van der Waals surface area (Å²) in [5.74, 6) is 0.571. The normalized spacial score (nSPS) is 14.6. The van der Waals surface area contributed by atoms with E-state index in [9.17, 15) is 0 Å². The van der Waals surface area contributed by atoms with E-state index in [2.05, 4.69) is 15.5 Å². The van der Waals surface area contributed by atoms with Crippen molar-refractivity contribution in [2.45, 2.75) is 32.8 Å². The van der Waals surface area contributed by atoms with Gasteiger partial charge in [-0.05, 0) is 20.3 Å². The zero-order valence-corrected chi connectivity index (χ0v) is 10.9. The third kappa shape index (κ3) is 3.67. The van der Waals surface area contributed by atoms with Crippen molar-refractivity contribution in [2.24, 2.45) is 0 Å². The van der Waals surface area contributed by atoms with Crippen LogP contribution in [0.5, 0.6) is 0 Å². The molecule has 0 aliphatic carbocycles. The first kappa shape index (κ1) is 13.9. The summed E-state index contributed by atoms with van der Waals surface area (Å²) in [6.07, 6.45) is 0.790. The molecule has 1 N–H and O–H groups in total. The fourth-order valence-corrected chi connectivity index (χ4v) is 1.41. The first-order chi connectivity index (χ1) is 8.16. The molecule has 1 heterocycles. The van der Waals surface area contributed by atoms with Gasteiger partial charge in [-0.25, -0.2) is 0 Å². The van der Waals surface area contributed by atoms with E-state index in [4.69, 9.17) is 14.0 Å². The van der Waals surface area contributed by atoms with E-state index in [1.807, 2.05) is 20.8 Å². The maximum absolute atomic E-state index is 5.67. The van der Waals surface area contributed by atoms with Crippen LogP contribution >= 0.6 is 0 Å². The fourth-order valence-electron chi connectivity index (χ4n) is 1.41. The van der Waals surface area contributed by atoms with Crippen LogP contribution in [0.1, 0.15) is 33.0 Å². The maximum atomic E-state index is 5.67. The molecule has 0 amide bonds. The molecule has 0 spiro atoms. The molecule has 1 rings (SSSR count). The molecule has 0 radical (unpaired) electrons. The van der Waals surface area contributed by atoms with E-state index >= 15 is 0 Å². The van der Waals surface area contributed by atoms with Gasteiger partial charge in [-0.1, -0.05) is 12.1 Å². The van der Waals surface area contributed by atoms with Gasteiger partial charge >= 0.3 is 6.01 Å². The van der Waals surface area contributed by atoms with Gasteiger partial charge in [-0.15, -0.1) is 0 Å². The number of aromatic nitrogens is 2. The first-order valence-electron chi connectivity index (χ1n) is 5.87. The standard InChI is InChI=1S/C11H21N3O3/c1-5-11(3,16-6-2)9-13-10(17-14-9)12-7-8-15-4/h5-8H2,1-4H3,(H,12,13,14). The molecule has 0 saturated heterocycles. The summed E-state index contributed by atoms with van der Waals surface area (Å²) >= 11 is 0. The molecular formula is C11H21N3O3. The van der Waals surface area contributed by atoms with Gasteiger partial charge in [0.15, 0.2) is 0 Å². The topological polar surface area (TPSA) is 69.4 Å². The third-order valence-electron chi connectivity index (χ3n) is 2.62. The molecular weight excluding hydrogens is 222 g/mol. The van der Waals surface area contributed by atoms with E-state index < -0.39 is 5.60 Å². The lowest BCUT2D eigenvalue weighted by Crippen LogP contribution is -2.26. The number of methoxy groups -OCH3 is 1. The van der Waals surface area contributed by atoms with Gasteiger partial charge in [0, 0.05) is 20.3 Å². The molecule has 0 fully saturated rings. The van der Waals surface area contributed by atoms with Gasteiger partial charge in [-0.2, -0.15) is 4.98 Å². The summed E-state index contributed by atoms with van der Waals surface area (Å²) in [6, 6.07) is 0.399. The van der Waals surface area contributed by atoms with Crippen molar-refractivity contribution in [1.29, 1.82) is 0 Å². The van der Waals surface area contributed by atoms with E-state index in [1.54, 1.807) is 7.11 Å². The minimum atomic E-state index is -0.487. The molecule has 0 aliphatic rings. The summed E-state index contributed by atoms with van der Waals surface area (Å²) in [5, 5.41) is 6.93. The summed E-state index contributed by atoms with van der Waals surface area (Å²) in [5.41, 5.74) is -0.487. The van der Waals surface area contributed by atoms with E-state index in [1.165, 1.54) is 0 Å². The van der Waals surface area contributed by atoms with Crippen LogP contribution < -0.4 is 5.32 Å². The maximum Gasteiger partial charge on any atom is 0.321 e. The van der Waals surface area contributed by atoms with Gasteiger partial charge in [-0.3, -0.25) is 0 Å². The number of nitrogens with zero attached hydrogens (tertiary/aromatic N) is 2. The smallest absolute Gasteiger partial charge is 0.321 e. The number of rotatable bonds is 8. The summed E-state index contributed by atoms with van der Waals surface area (Å²) < 4.78 is 15.7. The molecule has 98 valence electrons. The van der Waals surface area contributed by atoms with Crippen LogP contribution in [-0.4, -0.2) is 37.0 Å². The van der Waals surface area contributed by atoms with Gasteiger partial charge in [0.2, 0.25) is 5.82 Å². The van der Waals surface area contributed by atoms with Crippen LogP contribution in [0.4, 0.5) is 6.01 Å². The molecule has 0 aliphatic heterocycles. The summed E-state index contributed by atoms with van der Waals surface area (Å²) in [7, 11) is 1.64. The second-order valence-electron chi connectivity index (χ2n) is 3.86. The predicted molar refractivity (Wildman–Crippen MR) is 63.9 cm³/mol. The molecule has 1 atom stereocenters. The predicted octanol–water partition coefficient (Wildman–Crippen LogP) is 1.79. The Balaban J connectivity index is 2.65. The molecule has 0 bridgehead atoms. The number of nitrogens with one attached hydrogen (secondary N) is 1. The highest BCUT2D eigenvalue weighted by Gasteiger charge is 2.30. The van der Waals surface area contributed by atoms with Gasteiger partial charge in [0.05, 0.1) is 6.61 Å². The Morgan fingerprint density at radius 2 is 2.18 bits per heavy atom. The van der Waals surface area contributed by atoms with Crippen molar-refractivity contribution in [1.82, 2.24) is 10.1 Å². The molecule has 6 nitrogen and oxygen atoms in total. The Hall–Kier alpha value is -1.14. The molecule has 0 saturated carbocycles. The second-order valence-corrected chi connectivity index (χ2v) is 3.86. The highest BCUT2D eigenvalue weighted by atomic mass is 16.5. The SMILES string of the molecule is CCOC(C)(CC)c1noc(NCCOC)n1. The van der Waals surface area contributed by atoms with E-state index in [0.29, 0.717) is 31.6 Å². The van der Waals surface area contributed by atoms with Crippen LogP contribution in [0, 0.1) is 0 Å². The highest BCUT2D eigenvalue weighted by Crippen LogP contribution is 2.27. The summed E-state index contributed by atoms with van der Waals surface area (Å²) in [4.78, 5) is 4.27. The average Bonchev–Trinajstić information content (AvgIpc) is 2.79. The Bertz CT molecular complexity index is 330. The largest absolute Gasteiger partial charge is 0.383 e. The third-order valence-corrected chi connectivity index (χ3v) is 2.62. The lowest BCUT2D eigenvalue weighted by molar-refractivity contribution is -0.0403. The molecule has 1 aromatic heterocycles. The van der Waals surface area contributed by atoms with Crippen LogP contribution in [-0.2, 0) is 15.1 Å². The molecule has 0 aromatic carbocycles. The van der Waals surface area contributed by atoms with Gasteiger partial charge in [0.1, 0.15) is 5.60 Å². The number of ether oxygens (including phenoxy) is 2. The lowest BCUT2D eigenvalue weighted by Gasteiger charge is -2.23. The Morgan fingerprint density at radius 3 is 2.76 bits per heavy atom. The van der Waals surface area contributed by atoms with Crippen LogP contribution in [0.2, 0.25) is 0 Å². The number of anilines is 1. The molecule has 1 aromatic rings. The average molecular weight is 243 g/mol. The molecule has 6 heteroatoms. The number of hydrogen-bond donors (Lipinski definition) is 1. The Labute approximate surface area is 102 Å². The second kappa shape index (κ2) is 6.56. The lowest BCUT2D eigenvalue weighted by atomic mass is 10.0. The Morgan fingerprint density at radius 1 is 1.41 bits per heavy atom. The van der Waals surface area contributed by atoms with E-state index in [0.717, 1.165) is 6.42 Å². The zero-order chi connectivity index (χ0) is 12.7. The highest BCUT2D eigenvalue weighted by molar-refractivity contribution is 5.19. The van der Waals surface area contributed by atoms with Crippen molar-refractivity contribution in [3.8, 4) is 0 Å². The first-order valence-corrected chi connectivity index (χ1v) is 5.87. The van der Waals surface area contributed by atoms with Crippen molar-refractivity contribution >= 4 is 6.01 Å². The van der Waals surface area contributed by atoms with E-state index in [-0.39, 0.29) is 0 Å². The quantitative estimate of drug-likeness (QED) is 0.702.